The average Bonchev–Trinajstić information content (AvgIpc) is 2.93. The lowest BCUT2D eigenvalue weighted by molar-refractivity contribution is -0.114. The largest absolute Gasteiger partial charge is 0.451 e. The van der Waals surface area contributed by atoms with Crippen LogP contribution in [0.2, 0.25) is 0 Å². The Bertz CT molecular complexity index is 1380. The zero-order chi connectivity index (χ0) is 31.8. The molecule has 0 heterocycles. The number of ether oxygens (including phenoxy) is 4. The van der Waals surface area contributed by atoms with Crippen LogP contribution in [0.4, 0.5) is 13.6 Å². The molecule has 0 spiro atoms. The molecule has 0 aliphatic heterocycles. The molecule has 0 unspecified atom stereocenters. The van der Waals surface area contributed by atoms with E-state index in [0.29, 0.717) is 33.0 Å². The molecule has 0 radical (unpaired) electrons. The van der Waals surface area contributed by atoms with Crippen LogP contribution >= 0.6 is 0 Å². The summed E-state index contributed by atoms with van der Waals surface area (Å²) in [7, 11) is -4.27. The molecule has 0 bridgehead atoms. The van der Waals surface area contributed by atoms with Gasteiger partial charge in [0, 0.05) is 18.7 Å². The summed E-state index contributed by atoms with van der Waals surface area (Å²) in [6.45, 7) is 3.79. The normalized spacial score (nSPS) is 11.6. The molecular weight excluding hydrogens is 594 g/mol. The zero-order valence-electron chi connectivity index (χ0n) is 23.3. The van der Waals surface area contributed by atoms with Crippen molar-refractivity contribution in [2.24, 2.45) is 22.2 Å². The standard InChI is InChI=1S/C26H34F2N6O8S/c1-17(24(35)33-25(30)31)14-18-15-21(27)23(22(28)16-18)42-19-2-4-20(5-3-19)43(37,38)34-26(36)32-7-9-40-11-13-41-12-10-39-8-6-29/h2-5,14-16H,6-13,29H2,1H3,(H2,32,34,36)(H4,30,31,33,35). The van der Waals surface area contributed by atoms with Crippen molar-refractivity contribution in [3.05, 3.63) is 59.2 Å². The fourth-order valence-electron chi connectivity index (χ4n) is 3.16. The van der Waals surface area contributed by atoms with Gasteiger partial charge in [0.25, 0.3) is 15.9 Å². The number of hydrogen-bond donors (Lipinski definition) is 5. The van der Waals surface area contributed by atoms with Gasteiger partial charge < -0.3 is 41.5 Å². The van der Waals surface area contributed by atoms with Crippen molar-refractivity contribution in [3.63, 3.8) is 0 Å². The van der Waals surface area contributed by atoms with Gasteiger partial charge in [-0.05, 0) is 55.0 Å². The highest BCUT2D eigenvalue weighted by Crippen LogP contribution is 2.30. The molecule has 0 saturated heterocycles. The number of carbonyl (C=O) groups is 2. The number of benzene rings is 2. The highest BCUT2D eigenvalue weighted by atomic mass is 32.2. The van der Waals surface area contributed by atoms with E-state index in [1.54, 1.807) is 0 Å². The van der Waals surface area contributed by atoms with Gasteiger partial charge in [0.1, 0.15) is 5.75 Å². The number of nitrogens with one attached hydrogen (secondary N) is 2. The first-order valence-corrected chi connectivity index (χ1v) is 14.2. The number of rotatable bonds is 17. The average molecular weight is 629 g/mol. The SMILES string of the molecule is CC(=Cc1cc(F)c(Oc2ccc(S(=O)(=O)NC(=O)NCCOCCOCCOCCN)cc2)c(F)c1)C(=O)N=C(N)N. The van der Waals surface area contributed by atoms with Crippen LogP contribution in [0.25, 0.3) is 6.08 Å². The Hall–Kier alpha value is -4.16. The van der Waals surface area contributed by atoms with Gasteiger partial charge in [-0.3, -0.25) is 4.79 Å². The molecule has 3 amide bonds. The molecule has 14 nitrogen and oxygen atoms in total. The molecule has 0 saturated carbocycles. The molecule has 236 valence electrons. The molecule has 17 heteroatoms. The van der Waals surface area contributed by atoms with Gasteiger partial charge in [-0.25, -0.2) is 26.7 Å². The molecule has 2 aromatic rings. The van der Waals surface area contributed by atoms with Gasteiger partial charge in [-0.15, -0.1) is 0 Å². The van der Waals surface area contributed by atoms with Crippen LogP contribution in [0.3, 0.4) is 0 Å². The minimum atomic E-state index is -4.27. The van der Waals surface area contributed by atoms with E-state index in [1.807, 2.05) is 4.72 Å². The number of guanidine groups is 1. The summed E-state index contributed by atoms with van der Waals surface area (Å²) >= 11 is 0. The third-order valence-corrected chi connectivity index (χ3v) is 6.44. The topological polar surface area (TPSA) is 220 Å². The van der Waals surface area contributed by atoms with Gasteiger partial charge in [0.05, 0.1) is 44.5 Å². The minimum absolute atomic E-state index is 0.00520. The number of halogens is 2. The van der Waals surface area contributed by atoms with Gasteiger partial charge in [-0.2, -0.15) is 4.99 Å². The van der Waals surface area contributed by atoms with Crippen molar-refractivity contribution < 1.29 is 45.7 Å². The van der Waals surface area contributed by atoms with Gasteiger partial charge in [0.2, 0.25) is 0 Å². The number of aliphatic imine (C=N–C) groups is 1. The van der Waals surface area contributed by atoms with E-state index in [0.717, 1.165) is 36.4 Å². The first-order valence-electron chi connectivity index (χ1n) is 12.8. The van der Waals surface area contributed by atoms with Crippen LogP contribution in [0.5, 0.6) is 11.5 Å². The third kappa shape index (κ3) is 12.7. The summed E-state index contributed by atoms with van der Waals surface area (Å²) < 4.78 is 77.0. The van der Waals surface area contributed by atoms with Gasteiger partial charge in [0.15, 0.2) is 23.3 Å². The summed E-state index contributed by atoms with van der Waals surface area (Å²) in [6.07, 6.45) is 1.18. The molecule has 0 aliphatic rings. The maximum absolute atomic E-state index is 14.6. The van der Waals surface area contributed by atoms with Crippen molar-refractivity contribution >= 4 is 34.0 Å². The van der Waals surface area contributed by atoms with Crippen molar-refractivity contribution in [3.8, 4) is 11.5 Å². The second-order valence-electron chi connectivity index (χ2n) is 8.54. The van der Waals surface area contributed by atoms with E-state index >= 15 is 0 Å². The Morgan fingerprint density at radius 1 is 0.930 bits per heavy atom. The van der Waals surface area contributed by atoms with Crippen molar-refractivity contribution in [1.29, 1.82) is 0 Å². The Morgan fingerprint density at radius 3 is 2.05 bits per heavy atom. The van der Waals surface area contributed by atoms with Crippen LogP contribution in [-0.2, 0) is 29.0 Å². The van der Waals surface area contributed by atoms with Gasteiger partial charge in [-0.1, -0.05) is 0 Å². The molecule has 0 aromatic heterocycles. The fourth-order valence-corrected chi connectivity index (χ4v) is 4.09. The van der Waals surface area contributed by atoms with Crippen molar-refractivity contribution in [2.75, 3.05) is 52.7 Å². The molecule has 2 rings (SSSR count). The fraction of sp³-hybridized carbons (Fsp3) is 0.346. The minimum Gasteiger partial charge on any atom is -0.451 e. The van der Waals surface area contributed by atoms with E-state index in [2.05, 4.69) is 10.3 Å². The molecule has 2 aromatic carbocycles. The highest BCUT2D eigenvalue weighted by Gasteiger charge is 2.19. The Kier molecular flexibility index (Phi) is 14.4. The van der Waals surface area contributed by atoms with Crippen LogP contribution < -0.4 is 32.0 Å². The van der Waals surface area contributed by atoms with E-state index in [1.165, 1.54) is 13.0 Å². The Balaban J connectivity index is 1.86. The third-order valence-electron chi connectivity index (χ3n) is 5.09. The molecule has 8 N–H and O–H groups in total. The zero-order valence-corrected chi connectivity index (χ0v) is 24.1. The summed E-state index contributed by atoms with van der Waals surface area (Å²) in [5.74, 6) is -4.27. The quantitative estimate of drug-likeness (QED) is 0.0719. The number of nitrogens with zero attached hydrogens (tertiary/aromatic N) is 1. The molecule has 43 heavy (non-hydrogen) atoms. The number of hydrogen-bond acceptors (Lipinski definition) is 9. The van der Waals surface area contributed by atoms with E-state index in [-0.39, 0.29) is 41.5 Å². The van der Waals surface area contributed by atoms with E-state index < -0.39 is 45.3 Å². The maximum atomic E-state index is 14.6. The summed E-state index contributed by atoms with van der Waals surface area (Å²) in [4.78, 5) is 26.8. The molecule has 0 aliphatic carbocycles. The van der Waals surface area contributed by atoms with Gasteiger partial charge >= 0.3 is 6.03 Å². The molecular formula is C26H34F2N6O8S. The number of sulfonamides is 1. The summed E-state index contributed by atoms with van der Waals surface area (Å²) in [5, 5.41) is 2.35. The predicted molar refractivity (Wildman–Crippen MR) is 153 cm³/mol. The Labute approximate surface area is 247 Å². The number of carbonyl (C=O) groups excluding carboxylic acids is 2. The number of nitrogens with two attached hydrogens (primary N) is 3. The second-order valence-corrected chi connectivity index (χ2v) is 10.2. The number of amides is 3. The Morgan fingerprint density at radius 2 is 1.49 bits per heavy atom. The summed E-state index contributed by atoms with van der Waals surface area (Å²) in [5.41, 5.74) is 15.6. The van der Waals surface area contributed by atoms with Crippen molar-refractivity contribution in [1.82, 2.24) is 10.0 Å². The lowest BCUT2D eigenvalue weighted by Crippen LogP contribution is -2.40. The lowest BCUT2D eigenvalue weighted by atomic mass is 10.1. The smallest absolute Gasteiger partial charge is 0.328 e. The monoisotopic (exact) mass is 628 g/mol. The first-order chi connectivity index (χ1) is 20.4. The lowest BCUT2D eigenvalue weighted by Gasteiger charge is -2.11. The molecule has 0 fully saturated rings. The number of urea groups is 1. The second kappa shape index (κ2) is 17.7. The molecule has 0 atom stereocenters. The maximum Gasteiger partial charge on any atom is 0.328 e. The van der Waals surface area contributed by atoms with E-state index in [4.69, 9.17) is 36.1 Å². The van der Waals surface area contributed by atoms with Crippen molar-refractivity contribution in [2.45, 2.75) is 11.8 Å². The first kappa shape index (κ1) is 35.0. The van der Waals surface area contributed by atoms with Crippen LogP contribution in [0.15, 0.2) is 51.9 Å². The predicted octanol–water partition coefficient (Wildman–Crippen LogP) is 0.957. The van der Waals surface area contributed by atoms with E-state index in [9.17, 15) is 26.8 Å². The van der Waals surface area contributed by atoms with Crippen LogP contribution in [0, 0.1) is 11.6 Å². The highest BCUT2D eigenvalue weighted by molar-refractivity contribution is 7.90. The van der Waals surface area contributed by atoms with Crippen LogP contribution in [-0.4, -0.2) is 79.0 Å². The van der Waals surface area contributed by atoms with Crippen LogP contribution in [0.1, 0.15) is 12.5 Å². The summed E-state index contributed by atoms with van der Waals surface area (Å²) in [6, 6.07) is 5.33.